The Bertz CT molecular complexity index is 642. The van der Waals surface area contributed by atoms with Crippen LogP contribution in [0.15, 0.2) is 18.2 Å². The molecule has 0 aliphatic heterocycles. The van der Waals surface area contributed by atoms with Gasteiger partial charge in [0.05, 0.1) is 23.9 Å². The Morgan fingerprint density at radius 1 is 1.26 bits per heavy atom. The van der Waals surface area contributed by atoms with Crippen LogP contribution in [-0.2, 0) is 7.05 Å². The fourth-order valence-electron chi connectivity index (χ4n) is 2.24. The fraction of sp³-hybridized carbons (Fsp3) is 0.333. The van der Waals surface area contributed by atoms with Gasteiger partial charge in [-0.1, -0.05) is 11.6 Å². The highest BCUT2D eigenvalue weighted by atomic mass is 16.5. The van der Waals surface area contributed by atoms with Crippen LogP contribution in [0.1, 0.15) is 32.9 Å². The molecule has 2 aromatic rings. The Morgan fingerprint density at radius 2 is 1.95 bits per heavy atom. The molecule has 0 aliphatic carbocycles. The van der Waals surface area contributed by atoms with Crippen LogP contribution in [0.4, 0.5) is 0 Å². The van der Waals surface area contributed by atoms with Crippen molar-refractivity contribution in [1.82, 2.24) is 9.78 Å². The summed E-state index contributed by atoms with van der Waals surface area (Å²) in [6, 6.07) is 5.61. The molecule has 4 heteroatoms. The maximum Gasteiger partial charge on any atom is 0.200 e. The second kappa shape index (κ2) is 4.88. The summed E-state index contributed by atoms with van der Waals surface area (Å²) in [5, 5.41) is 4.29. The van der Waals surface area contributed by atoms with E-state index in [1.54, 1.807) is 11.8 Å². The Labute approximate surface area is 113 Å². The molecule has 0 atom stereocenters. The maximum atomic E-state index is 12.7. The van der Waals surface area contributed by atoms with Crippen LogP contribution < -0.4 is 4.74 Å². The molecule has 4 nitrogen and oxygen atoms in total. The van der Waals surface area contributed by atoms with E-state index < -0.39 is 0 Å². The van der Waals surface area contributed by atoms with Gasteiger partial charge in [-0.25, -0.2) is 0 Å². The first-order valence-electron chi connectivity index (χ1n) is 6.15. The van der Waals surface area contributed by atoms with Crippen molar-refractivity contribution in [3.05, 3.63) is 46.3 Å². The molecule has 0 saturated carbocycles. The number of nitrogens with zero attached hydrogens (tertiary/aromatic N) is 2. The Morgan fingerprint density at radius 3 is 2.47 bits per heavy atom. The van der Waals surface area contributed by atoms with E-state index in [1.807, 2.05) is 46.0 Å². The first-order valence-corrected chi connectivity index (χ1v) is 6.15. The van der Waals surface area contributed by atoms with Crippen molar-refractivity contribution in [3.8, 4) is 5.75 Å². The number of methoxy groups -OCH3 is 1. The SMILES string of the molecule is COc1ccc(C)cc1C(=O)c1c(C)nn(C)c1C. The first-order chi connectivity index (χ1) is 8.95. The Kier molecular flexibility index (Phi) is 3.42. The predicted molar refractivity (Wildman–Crippen MR) is 73.8 cm³/mol. The summed E-state index contributed by atoms with van der Waals surface area (Å²) in [6.07, 6.45) is 0. The quantitative estimate of drug-likeness (QED) is 0.795. The van der Waals surface area contributed by atoms with Gasteiger partial charge >= 0.3 is 0 Å². The largest absolute Gasteiger partial charge is 0.496 e. The second-order valence-corrected chi connectivity index (χ2v) is 4.70. The van der Waals surface area contributed by atoms with Crippen molar-refractivity contribution in [2.24, 2.45) is 7.05 Å². The molecular weight excluding hydrogens is 240 g/mol. The van der Waals surface area contributed by atoms with Crippen LogP contribution in [0.25, 0.3) is 0 Å². The number of carbonyl (C=O) groups is 1. The molecule has 2 rings (SSSR count). The molecule has 0 N–H and O–H groups in total. The van der Waals surface area contributed by atoms with Gasteiger partial charge in [-0.15, -0.1) is 0 Å². The fourth-order valence-corrected chi connectivity index (χ4v) is 2.24. The zero-order chi connectivity index (χ0) is 14.2. The summed E-state index contributed by atoms with van der Waals surface area (Å²) < 4.78 is 7.01. The third-order valence-electron chi connectivity index (χ3n) is 3.34. The highest BCUT2D eigenvalue weighted by Crippen LogP contribution is 2.25. The standard InChI is InChI=1S/C15H18N2O2/c1-9-6-7-13(19-5)12(8-9)15(18)14-10(2)16-17(4)11(14)3/h6-8H,1-5H3. The van der Waals surface area contributed by atoms with Gasteiger partial charge in [-0.3, -0.25) is 9.48 Å². The number of carbonyl (C=O) groups excluding carboxylic acids is 1. The summed E-state index contributed by atoms with van der Waals surface area (Å²) >= 11 is 0. The Hall–Kier alpha value is -2.10. The Balaban J connectivity index is 2.59. The molecule has 0 bridgehead atoms. The van der Waals surface area contributed by atoms with Gasteiger partial charge in [0.1, 0.15) is 5.75 Å². The topological polar surface area (TPSA) is 44.1 Å². The molecule has 0 fully saturated rings. The molecule has 0 unspecified atom stereocenters. The zero-order valence-electron chi connectivity index (χ0n) is 11.9. The third-order valence-corrected chi connectivity index (χ3v) is 3.34. The van der Waals surface area contributed by atoms with Crippen molar-refractivity contribution in [2.75, 3.05) is 7.11 Å². The minimum absolute atomic E-state index is 0.0383. The van der Waals surface area contributed by atoms with Crippen molar-refractivity contribution < 1.29 is 9.53 Å². The van der Waals surface area contributed by atoms with Gasteiger partial charge < -0.3 is 4.74 Å². The van der Waals surface area contributed by atoms with Gasteiger partial charge in [0.25, 0.3) is 0 Å². The number of ketones is 1. The number of hydrogen-bond donors (Lipinski definition) is 0. The van der Waals surface area contributed by atoms with E-state index in [-0.39, 0.29) is 5.78 Å². The lowest BCUT2D eigenvalue weighted by Gasteiger charge is -2.09. The lowest BCUT2D eigenvalue weighted by Crippen LogP contribution is -2.07. The first kappa shape index (κ1) is 13.3. The lowest BCUT2D eigenvalue weighted by atomic mass is 9.99. The van der Waals surface area contributed by atoms with E-state index in [0.717, 1.165) is 17.0 Å². The van der Waals surface area contributed by atoms with Crippen LogP contribution in [0, 0.1) is 20.8 Å². The molecule has 0 amide bonds. The van der Waals surface area contributed by atoms with E-state index in [9.17, 15) is 4.79 Å². The van der Waals surface area contributed by atoms with Crippen LogP contribution in [-0.4, -0.2) is 22.7 Å². The van der Waals surface area contributed by atoms with E-state index in [2.05, 4.69) is 5.10 Å². The summed E-state index contributed by atoms with van der Waals surface area (Å²) in [7, 11) is 3.41. The highest BCUT2D eigenvalue weighted by molar-refractivity contribution is 6.12. The number of aryl methyl sites for hydroxylation is 3. The molecule has 1 aromatic heterocycles. The summed E-state index contributed by atoms with van der Waals surface area (Å²) in [5.74, 6) is 0.557. The van der Waals surface area contributed by atoms with E-state index >= 15 is 0 Å². The molecule has 0 aliphatic rings. The van der Waals surface area contributed by atoms with Crippen LogP contribution in [0.5, 0.6) is 5.75 Å². The number of rotatable bonds is 3. The normalized spacial score (nSPS) is 10.6. The van der Waals surface area contributed by atoms with Crippen LogP contribution in [0.3, 0.4) is 0 Å². The lowest BCUT2D eigenvalue weighted by molar-refractivity contribution is 0.103. The predicted octanol–water partition coefficient (Wildman–Crippen LogP) is 2.58. The summed E-state index contributed by atoms with van der Waals surface area (Å²) in [4.78, 5) is 12.7. The smallest absolute Gasteiger partial charge is 0.200 e. The second-order valence-electron chi connectivity index (χ2n) is 4.70. The van der Waals surface area contributed by atoms with E-state index in [1.165, 1.54) is 0 Å². The monoisotopic (exact) mass is 258 g/mol. The van der Waals surface area contributed by atoms with Crippen molar-refractivity contribution in [2.45, 2.75) is 20.8 Å². The highest BCUT2D eigenvalue weighted by Gasteiger charge is 2.21. The van der Waals surface area contributed by atoms with Crippen molar-refractivity contribution in [3.63, 3.8) is 0 Å². The third kappa shape index (κ3) is 2.26. The van der Waals surface area contributed by atoms with E-state index in [0.29, 0.717) is 16.9 Å². The zero-order valence-corrected chi connectivity index (χ0v) is 11.9. The van der Waals surface area contributed by atoms with Crippen molar-refractivity contribution in [1.29, 1.82) is 0 Å². The molecular formula is C15H18N2O2. The van der Waals surface area contributed by atoms with Gasteiger partial charge in [0, 0.05) is 12.7 Å². The number of hydrogen-bond acceptors (Lipinski definition) is 3. The molecule has 0 radical (unpaired) electrons. The molecule has 1 heterocycles. The van der Waals surface area contributed by atoms with Crippen LogP contribution >= 0.6 is 0 Å². The van der Waals surface area contributed by atoms with Crippen LogP contribution in [0.2, 0.25) is 0 Å². The molecule has 0 spiro atoms. The number of aromatic nitrogens is 2. The van der Waals surface area contributed by atoms with Gasteiger partial charge in [-0.05, 0) is 32.9 Å². The molecule has 1 aromatic carbocycles. The average Bonchev–Trinajstić information content (AvgIpc) is 2.62. The average molecular weight is 258 g/mol. The van der Waals surface area contributed by atoms with Gasteiger partial charge in [0.15, 0.2) is 5.78 Å². The minimum Gasteiger partial charge on any atom is -0.496 e. The maximum absolute atomic E-state index is 12.7. The van der Waals surface area contributed by atoms with Gasteiger partial charge in [-0.2, -0.15) is 5.10 Å². The van der Waals surface area contributed by atoms with Gasteiger partial charge in [0.2, 0.25) is 0 Å². The molecule has 19 heavy (non-hydrogen) atoms. The number of benzene rings is 1. The summed E-state index contributed by atoms with van der Waals surface area (Å²) in [5.41, 5.74) is 3.89. The minimum atomic E-state index is -0.0383. The molecule has 0 saturated heterocycles. The molecule has 100 valence electrons. The summed E-state index contributed by atoms with van der Waals surface area (Å²) in [6.45, 7) is 5.71. The van der Waals surface area contributed by atoms with E-state index in [4.69, 9.17) is 4.74 Å². The van der Waals surface area contributed by atoms with Crippen molar-refractivity contribution >= 4 is 5.78 Å². The number of ether oxygens (including phenoxy) is 1.